The van der Waals surface area contributed by atoms with Crippen molar-refractivity contribution < 1.29 is 4.92 Å². The van der Waals surface area contributed by atoms with Gasteiger partial charge in [0.05, 0.1) is 4.92 Å². The molecule has 1 saturated heterocycles. The first kappa shape index (κ1) is 15.2. The number of rotatable bonds is 5. The quantitative estimate of drug-likeness (QED) is 0.646. The van der Waals surface area contributed by atoms with Crippen LogP contribution < -0.4 is 5.32 Å². The Morgan fingerprint density at radius 2 is 2.10 bits per heavy atom. The molecular weight excluding hydrogens is 270 g/mol. The highest BCUT2D eigenvalue weighted by Gasteiger charge is 2.15. The van der Waals surface area contributed by atoms with Crippen molar-refractivity contribution in [2.45, 2.75) is 0 Å². The number of nitriles is 1. The van der Waals surface area contributed by atoms with Crippen LogP contribution in [-0.2, 0) is 0 Å². The van der Waals surface area contributed by atoms with Gasteiger partial charge < -0.3 is 10.2 Å². The molecule has 1 aromatic rings. The second kappa shape index (κ2) is 7.02. The van der Waals surface area contributed by atoms with Crippen molar-refractivity contribution in [3.63, 3.8) is 0 Å². The molecule has 0 atom stereocenters. The van der Waals surface area contributed by atoms with E-state index >= 15 is 0 Å². The second-order valence-electron chi connectivity index (χ2n) is 5.17. The zero-order valence-corrected chi connectivity index (χ0v) is 12.1. The molecular formula is C14H19N5O2. The van der Waals surface area contributed by atoms with Crippen molar-refractivity contribution in [2.75, 3.05) is 51.6 Å². The monoisotopic (exact) mass is 289 g/mol. The summed E-state index contributed by atoms with van der Waals surface area (Å²) in [6.45, 7) is 5.87. The Hall–Kier alpha value is -2.17. The van der Waals surface area contributed by atoms with Gasteiger partial charge in [0, 0.05) is 51.0 Å². The minimum atomic E-state index is -0.524. The third kappa shape index (κ3) is 4.15. The highest BCUT2D eigenvalue weighted by molar-refractivity contribution is 5.59. The van der Waals surface area contributed by atoms with E-state index in [0.717, 1.165) is 39.3 Å². The van der Waals surface area contributed by atoms with Gasteiger partial charge in [-0.25, -0.2) is 0 Å². The van der Waals surface area contributed by atoms with Crippen molar-refractivity contribution in [1.29, 1.82) is 5.26 Å². The summed E-state index contributed by atoms with van der Waals surface area (Å²) in [4.78, 5) is 15.0. The van der Waals surface area contributed by atoms with Crippen LogP contribution in [0.4, 0.5) is 11.4 Å². The van der Waals surface area contributed by atoms with Gasteiger partial charge in [-0.1, -0.05) is 0 Å². The van der Waals surface area contributed by atoms with Crippen LogP contribution in [0.15, 0.2) is 18.2 Å². The number of piperazine rings is 1. The summed E-state index contributed by atoms with van der Waals surface area (Å²) in [5, 5.41) is 22.9. The van der Waals surface area contributed by atoms with Crippen molar-refractivity contribution in [3.8, 4) is 6.07 Å². The Balaban J connectivity index is 1.87. The van der Waals surface area contributed by atoms with Crippen LogP contribution in [0.25, 0.3) is 0 Å². The number of benzene rings is 1. The van der Waals surface area contributed by atoms with Gasteiger partial charge in [-0.15, -0.1) is 0 Å². The summed E-state index contributed by atoms with van der Waals surface area (Å²) >= 11 is 0. The molecule has 1 aromatic carbocycles. The van der Waals surface area contributed by atoms with E-state index in [1.165, 1.54) is 12.1 Å². The van der Waals surface area contributed by atoms with Gasteiger partial charge in [-0.2, -0.15) is 5.26 Å². The summed E-state index contributed by atoms with van der Waals surface area (Å²) in [7, 11) is 2.12. The lowest BCUT2D eigenvalue weighted by atomic mass is 10.2. The number of hydrogen-bond donors (Lipinski definition) is 1. The Morgan fingerprint density at radius 1 is 1.38 bits per heavy atom. The predicted octanol–water partition coefficient (Wildman–Crippen LogP) is 1.13. The fourth-order valence-electron chi connectivity index (χ4n) is 2.32. The Kier molecular flexibility index (Phi) is 5.09. The summed E-state index contributed by atoms with van der Waals surface area (Å²) in [5.74, 6) is 0. The molecule has 7 heteroatoms. The Morgan fingerprint density at radius 3 is 2.71 bits per heavy atom. The van der Waals surface area contributed by atoms with Gasteiger partial charge in [-0.05, 0) is 19.2 Å². The first-order valence-electron chi connectivity index (χ1n) is 6.93. The predicted molar refractivity (Wildman–Crippen MR) is 80.2 cm³/mol. The van der Waals surface area contributed by atoms with Crippen molar-refractivity contribution in [2.24, 2.45) is 0 Å². The smallest absolute Gasteiger partial charge is 0.289 e. The van der Waals surface area contributed by atoms with Gasteiger partial charge in [0.2, 0.25) is 0 Å². The number of anilines is 1. The number of nitrogens with one attached hydrogen (secondary N) is 1. The topological polar surface area (TPSA) is 85.4 Å². The minimum Gasteiger partial charge on any atom is -0.384 e. The summed E-state index contributed by atoms with van der Waals surface area (Å²) < 4.78 is 0. The molecule has 2 rings (SSSR count). The Bertz CT molecular complexity index is 547. The number of hydrogen-bond acceptors (Lipinski definition) is 6. The van der Waals surface area contributed by atoms with Gasteiger partial charge in [0.15, 0.2) is 0 Å². The van der Waals surface area contributed by atoms with E-state index in [2.05, 4.69) is 22.2 Å². The van der Waals surface area contributed by atoms with Crippen LogP contribution in [0.1, 0.15) is 5.56 Å². The zero-order valence-electron chi connectivity index (χ0n) is 12.1. The van der Waals surface area contributed by atoms with E-state index in [0.29, 0.717) is 5.69 Å². The summed E-state index contributed by atoms with van der Waals surface area (Å²) in [5.41, 5.74) is 0.613. The third-order valence-corrected chi connectivity index (χ3v) is 3.67. The standard InChI is InChI=1S/C14H19N5O2/c1-17-6-8-18(9-7-17)5-4-16-13-3-2-12(11-15)14(10-13)19(20)21/h2-3,10,16H,4-9H2,1H3. The number of nitro groups is 1. The van der Waals surface area contributed by atoms with Gasteiger partial charge >= 0.3 is 0 Å². The van der Waals surface area contributed by atoms with Crippen LogP contribution >= 0.6 is 0 Å². The molecule has 1 aliphatic rings. The third-order valence-electron chi connectivity index (χ3n) is 3.67. The molecule has 0 aromatic heterocycles. The van der Waals surface area contributed by atoms with Crippen LogP contribution in [0.2, 0.25) is 0 Å². The van der Waals surface area contributed by atoms with E-state index in [-0.39, 0.29) is 11.3 Å². The van der Waals surface area contributed by atoms with Crippen LogP contribution in [0.3, 0.4) is 0 Å². The highest BCUT2D eigenvalue weighted by Crippen LogP contribution is 2.22. The first-order chi connectivity index (χ1) is 10.1. The molecule has 1 heterocycles. The van der Waals surface area contributed by atoms with E-state index in [1.54, 1.807) is 6.07 Å². The van der Waals surface area contributed by atoms with Gasteiger partial charge in [-0.3, -0.25) is 15.0 Å². The van der Waals surface area contributed by atoms with Crippen LogP contribution in [0, 0.1) is 21.4 Å². The van der Waals surface area contributed by atoms with E-state index in [9.17, 15) is 10.1 Å². The van der Waals surface area contributed by atoms with Crippen molar-refractivity contribution in [3.05, 3.63) is 33.9 Å². The first-order valence-corrected chi connectivity index (χ1v) is 6.93. The number of nitrogens with zero attached hydrogens (tertiary/aromatic N) is 4. The summed E-state index contributed by atoms with van der Waals surface area (Å²) in [6, 6.07) is 6.44. The molecule has 0 saturated carbocycles. The molecule has 21 heavy (non-hydrogen) atoms. The molecule has 112 valence electrons. The fourth-order valence-corrected chi connectivity index (χ4v) is 2.32. The Labute approximate surface area is 123 Å². The minimum absolute atomic E-state index is 0.0876. The zero-order chi connectivity index (χ0) is 15.2. The lowest BCUT2D eigenvalue weighted by Gasteiger charge is -2.32. The molecule has 0 aliphatic carbocycles. The van der Waals surface area contributed by atoms with Gasteiger partial charge in [0.25, 0.3) is 5.69 Å². The van der Waals surface area contributed by atoms with Gasteiger partial charge in [0.1, 0.15) is 11.6 Å². The summed E-state index contributed by atoms with van der Waals surface area (Å²) in [6.07, 6.45) is 0. The number of likely N-dealkylation sites (N-methyl/N-ethyl adjacent to an activating group) is 1. The molecule has 0 amide bonds. The molecule has 1 aliphatic heterocycles. The average molecular weight is 289 g/mol. The van der Waals surface area contributed by atoms with Crippen molar-refractivity contribution >= 4 is 11.4 Å². The fraction of sp³-hybridized carbons (Fsp3) is 0.500. The molecule has 7 nitrogen and oxygen atoms in total. The molecule has 1 N–H and O–H groups in total. The maximum Gasteiger partial charge on any atom is 0.289 e. The lowest BCUT2D eigenvalue weighted by molar-refractivity contribution is -0.385. The molecule has 0 unspecified atom stereocenters. The maximum atomic E-state index is 10.9. The maximum absolute atomic E-state index is 10.9. The largest absolute Gasteiger partial charge is 0.384 e. The van der Waals surface area contributed by atoms with E-state index in [1.807, 2.05) is 6.07 Å². The lowest BCUT2D eigenvalue weighted by Crippen LogP contribution is -2.45. The molecule has 1 fully saturated rings. The number of nitro benzene ring substituents is 1. The van der Waals surface area contributed by atoms with Crippen LogP contribution in [-0.4, -0.2) is 61.0 Å². The molecule has 0 bridgehead atoms. The SMILES string of the molecule is CN1CCN(CCNc2ccc(C#N)c([N+](=O)[O-])c2)CC1. The van der Waals surface area contributed by atoms with Crippen LogP contribution in [0.5, 0.6) is 0 Å². The van der Waals surface area contributed by atoms with E-state index < -0.39 is 4.92 Å². The molecule has 0 spiro atoms. The van der Waals surface area contributed by atoms with Crippen molar-refractivity contribution in [1.82, 2.24) is 9.80 Å². The molecule has 0 radical (unpaired) electrons. The normalized spacial score (nSPS) is 16.4. The highest BCUT2D eigenvalue weighted by atomic mass is 16.6. The van der Waals surface area contributed by atoms with E-state index in [4.69, 9.17) is 5.26 Å². The average Bonchev–Trinajstić information content (AvgIpc) is 2.49. The second-order valence-corrected chi connectivity index (χ2v) is 5.17.